The molecule has 4 rings (SSSR count). The normalized spacial score (nSPS) is 17.4. The highest BCUT2D eigenvalue weighted by Crippen LogP contribution is 2.51. The topological polar surface area (TPSA) is 303 Å². The monoisotopic (exact) mass is 1280 g/mol. The van der Waals surface area contributed by atoms with Crippen molar-refractivity contribution in [3.05, 3.63) is 71.5 Å². The third-order valence-electron chi connectivity index (χ3n) is 14.0. The van der Waals surface area contributed by atoms with Crippen LogP contribution < -0.4 is 4.90 Å². The van der Waals surface area contributed by atoms with E-state index in [-0.39, 0.29) is 95.5 Å². The van der Waals surface area contributed by atoms with Gasteiger partial charge < -0.3 is 90.3 Å². The highest BCUT2D eigenvalue weighted by atomic mass is 32.2. The summed E-state index contributed by atoms with van der Waals surface area (Å²) in [4.78, 5) is 12.1. The molecule has 0 radical (unpaired) electrons. The van der Waals surface area contributed by atoms with Gasteiger partial charge in [0.1, 0.15) is 16.7 Å². The number of allylic oxidation sites excluding steroid dienone is 4. The number of carbonyl (C=O) groups is 1. The summed E-state index contributed by atoms with van der Waals surface area (Å²) in [6, 6.07) is 8.89. The number of aliphatic carboxylic acids is 1. The standard InChI is InChI=1S/C59H94N2O24S2/c1-58(14-19-74-30-35-82-42-39-78-26-23-70-3)51-47-49(86(64,65)66)9-11-53(51)60(16-21-76-32-37-84-44-41-80-28-25-72-5)55(58)7-6-8-56-59(2,15-20-75-31-36-83-43-40-79-27-24-71-4)52-48-50(87(67,68)69)10-12-54(52)61(56)17-22-77-33-38-85-46-45-81-34-29-73-18-13-57(62)63/h6-12,47-48H,13-46H2,1-5H3,(H2-,62,63,64,65,66,67,68,69). The van der Waals surface area contributed by atoms with Crippen LogP contribution in [0.25, 0.3) is 0 Å². The zero-order chi connectivity index (χ0) is 63.1. The molecule has 2 N–H and O–H groups in total. The zero-order valence-corrected chi connectivity index (χ0v) is 53.0. The van der Waals surface area contributed by atoms with Crippen molar-refractivity contribution in [2.45, 2.75) is 53.7 Å². The lowest BCUT2D eigenvalue weighted by molar-refractivity contribution is -0.442. The molecule has 0 bridgehead atoms. The maximum absolute atomic E-state index is 12.7. The third-order valence-corrected chi connectivity index (χ3v) is 15.7. The molecule has 87 heavy (non-hydrogen) atoms. The van der Waals surface area contributed by atoms with Gasteiger partial charge in [-0.3, -0.25) is 9.35 Å². The Hall–Kier alpha value is -3.96. The van der Waals surface area contributed by atoms with Crippen molar-refractivity contribution in [1.29, 1.82) is 0 Å². The van der Waals surface area contributed by atoms with Gasteiger partial charge in [-0.2, -0.15) is 13.0 Å². The third kappa shape index (κ3) is 27.6. The lowest BCUT2D eigenvalue weighted by Gasteiger charge is -2.30. The van der Waals surface area contributed by atoms with Crippen LogP contribution in [0.2, 0.25) is 0 Å². The predicted molar refractivity (Wildman–Crippen MR) is 317 cm³/mol. The summed E-state index contributed by atoms with van der Waals surface area (Å²) in [5.74, 6) is -0.935. The van der Waals surface area contributed by atoms with Gasteiger partial charge in [0.25, 0.3) is 10.1 Å². The summed E-state index contributed by atoms with van der Waals surface area (Å²) in [5, 5.41) is 8.77. The van der Waals surface area contributed by atoms with Gasteiger partial charge in [0, 0.05) is 75.6 Å². The van der Waals surface area contributed by atoms with Crippen molar-refractivity contribution in [3.63, 3.8) is 0 Å². The van der Waals surface area contributed by atoms with Crippen molar-refractivity contribution in [1.82, 2.24) is 0 Å². The highest BCUT2D eigenvalue weighted by molar-refractivity contribution is 7.86. The van der Waals surface area contributed by atoms with E-state index in [1.807, 2.05) is 36.7 Å². The predicted octanol–water partition coefficient (Wildman–Crippen LogP) is 3.82. The summed E-state index contributed by atoms with van der Waals surface area (Å²) < 4.78 is 165. The second-order valence-electron chi connectivity index (χ2n) is 20.1. The molecule has 2 aromatic carbocycles. The molecule has 0 fully saturated rings. The van der Waals surface area contributed by atoms with E-state index in [1.165, 1.54) is 24.3 Å². The van der Waals surface area contributed by atoms with E-state index in [4.69, 9.17) is 80.9 Å². The Morgan fingerprint density at radius 2 is 0.908 bits per heavy atom. The van der Waals surface area contributed by atoms with E-state index in [2.05, 4.69) is 4.90 Å². The van der Waals surface area contributed by atoms with E-state index in [0.717, 1.165) is 11.4 Å². The van der Waals surface area contributed by atoms with Gasteiger partial charge in [-0.25, -0.2) is 8.42 Å². The maximum Gasteiger partial charge on any atom is 0.305 e. The van der Waals surface area contributed by atoms with Gasteiger partial charge in [0.05, 0.1) is 193 Å². The van der Waals surface area contributed by atoms with Crippen LogP contribution in [0.3, 0.4) is 0 Å². The van der Waals surface area contributed by atoms with Gasteiger partial charge in [-0.1, -0.05) is 6.08 Å². The molecule has 0 saturated carbocycles. The number of hydrogen-bond donors (Lipinski definition) is 2. The first-order chi connectivity index (χ1) is 42.0. The van der Waals surface area contributed by atoms with Crippen LogP contribution in [0.15, 0.2) is 70.1 Å². The largest absolute Gasteiger partial charge is 0.744 e. The molecule has 2 aromatic rings. The molecule has 2 aliphatic heterocycles. The van der Waals surface area contributed by atoms with Crippen LogP contribution in [0.1, 0.15) is 44.2 Å². The van der Waals surface area contributed by atoms with E-state index < -0.39 is 37.0 Å². The molecule has 0 saturated heterocycles. The Morgan fingerprint density at radius 3 is 1.34 bits per heavy atom. The summed E-state index contributed by atoms with van der Waals surface area (Å²) in [5.41, 5.74) is 2.21. The number of fused-ring (bicyclic) bond motifs is 2. The quantitative estimate of drug-likeness (QED) is 0.0540. The van der Waals surface area contributed by atoms with Crippen LogP contribution in [-0.4, -0.2) is 273 Å². The van der Waals surface area contributed by atoms with Crippen LogP contribution >= 0.6 is 0 Å². The van der Waals surface area contributed by atoms with Crippen molar-refractivity contribution in [2.24, 2.45) is 0 Å². The van der Waals surface area contributed by atoms with E-state index in [0.29, 0.717) is 161 Å². The van der Waals surface area contributed by atoms with Gasteiger partial charge in [-0.15, -0.1) is 0 Å². The number of ether oxygens (including phenoxy) is 16. The number of benzene rings is 2. The summed E-state index contributed by atoms with van der Waals surface area (Å²) in [6.45, 7) is 14.1. The van der Waals surface area contributed by atoms with Crippen LogP contribution in [0.4, 0.5) is 11.4 Å². The Balaban J connectivity index is 1.68. The number of carboxylic acids is 1. The molecule has 496 valence electrons. The summed E-state index contributed by atoms with van der Waals surface area (Å²) in [6.07, 6.45) is 6.41. The molecule has 2 aliphatic rings. The first-order valence-electron chi connectivity index (χ1n) is 29.3. The molecule has 28 heteroatoms. The zero-order valence-electron chi connectivity index (χ0n) is 51.3. The summed E-state index contributed by atoms with van der Waals surface area (Å²) in [7, 11) is -4.70. The molecule has 0 spiro atoms. The highest BCUT2D eigenvalue weighted by Gasteiger charge is 2.48. The number of methoxy groups -OCH3 is 3. The number of carboxylic acid groups (broad SMARTS) is 1. The average molecular weight is 1280 g/mol. The van der Waals surface area contributed by atoms with E-state index in [1.54, 1.807) is 33.5 Å². The van der Waals surface area contributed by atoms with E-state index >= 15 is 0 Å². The fourth-order valence-electron chi connectivity index (χ4n) is 9.46. The number of hydrogen-bond acceptors (Lipinski definition) is 23. The minimum absolute atomic E-state index is 0.0836. The molecule has 0 amide bonds. The number of rotatable bonds is 55. The first kappa shape index (κ1) is 75.5. The maximum atomic E-state index is 12.7. The van der Waals surface area contributed by atoms with Crippen LogP contribution in [-0.2, 0) is 112 Å². The van der Waals surface area contributed by atoms with Crippen molar-refractivity contribution in [3.8, 4) is 0 Å². The molecular weight excluding hydrogens is 1180 g/mol. The SMILES string of the molecule is COCCOCCOCCOCCN1C(=CC=CC2=[N+](CCOCCOCCOCCOCCC(=O)O)c3ccc(S(=O)(=O)[O-])cc3C2(C)CCOCCOCCOCCOC)C(C)(CCOCCOCCOCCOC)c2cc(S(=O)(=O)O)ccc21. The first-order valence-corrected chi connectivity index (χ1v) is 32.1. The lowest BCUT2D eigenvalue weighted by Crippen LogP contribution is -2.34. The number of anilines is 1. The van der Waals surface area contributed by atoms with Gasteiger partial charge in [-0.05, 0) is 68.7 Å². The fraction of sp³-hybridized carbons (Fsp3) is 0.695. The second-order valence-corrected chi connectivity index (χ2v) is 22.9. The van der Waals surface area contributed by atoms with Gasteiger partial charge in [0.15, 0.2) is 12.3 Å². The smallest absolute Gasteiger partial charge is 0.305 e. The molecular formula is C59H94N2O24S2. The Kier molecular flexibility index (Phi) is 37.2. The van der Waals surface area contributed by atoms with E-state index in [9.17, 15) is 30.7 Å². The second kappa shape index (κ2) is 42.9. The minimum atomic E-state index is -4.88. The van der Waals surface area contributed by atoms with Crippen molar-refractivity contribution >= 4 is 43.3 Å². The molecule has 26 nitrogen and oxygen atoms in total. The summed E-state index contributed by atoms with van der Waals surface area (Å²) >= 11 is 0. The number of nitrogens with zero attached hydrogens (tertiary/aromatic N) is 2. The molecule has 2 unspecified atom stereocenters. The molecule has 0 aliphatic carbocycles. The van der Waals surface area contributed by atoms with Gasteiger partial charge >= 0.3 is 5.97 Å². The molecule has 2 heterocycles. The molecule has 0 aromatic heterocycles. The lowest BCUT2D eigenvalue weighted by atomic mass is 9.76. The van der Waals surface area contributed by atoms with Crippen molar-refractivity contribution < 1.29 is 116 Å². The minimum Gasteiger partial charge on any atom is -0.744 e. The fourth-order valence-corrected chi connectivity index (χ4v) is 10.5. The Morgan fingerprint density at radius 1 is 0.517 bits per heavy atom. The van der Waals surface area contributed by atoms with Gasteiger partial charge in [0.2, 0.25) is 5.69 Å². The van der Waals surface area contributed by atoms with Crippen LogP contribution in [0, 0.1) is 0 Å². The Labute approximate surface area is 513 Å². The van der Waals surface area contributed by atoms with Crippen molar-refractivity contribution in [2.75, 3.05) is 231 Å². The molecule has 2 atom stereocenters. The average Bonchev–Trinajstić information content (AvgIpc) is 1.61. The Bertz CT molecular complexity index is 2590. The van der Waals surface area contributed by atoms with Crippen LogP contribution in [0.5, 0.6) is 0 Å².